The molecular formula is C62H116O6. The third-order valence-electron chi connectivity index (χ3n) is 13.7. The van der Waals surface area contributed by atoms with Gasteiger partial charge in [-0.05, 0) is 51.4 Å². The maximum Gasteiger partial charge on any atom is 0.306 e. The fraction of sp³-hybridized carbons (Fsp3) is 0.887. The van der Waals surface area contributed by atoms with Crippen molar-refractivity contribution >= 4 is 17.9 Å². The first-order valence-corrected chi connectivity index (χ1v) is 30.3. The molecule has 0 fully saturated rings. The Balaban J connectivity index is 4.25. The molecule has 0 aromatic rings. The van der Waals surface area contributed by atoms with Crippen LogP contribution in [0.5, 0.6) is 0 Å². The lowest BCUT2D eigenvalue weighted by Crippen LogP contribution is -2.30. The Hall–Kier alpha value is -2.11. The summed E-state index contributed by atoms with van der Waals surface area (Å²) < 4.78 is 16.9. The Morgan fingerprint density at radius 2 is 0.529 bits per heavy atom. The summed E-state index contributed by atoms with van der Waals surface area (Å²) in [5, 5.41) is 0. The summed E-state index contributed by atoms with van der Waals surface area (Å²) >= 11 is 0. The summed E-state index contributed by atoms with van der Waals surface area (Å²) in [7, 11) is 0. The third kappa shape index (κ3) is 54.8. The number of ether oxygens (including phenoxy) is 3. The Morgan fingerprint density at radius 3 is 0.838 bits per heavy atom. The zero-order chi connectivity index (χ0) is 49.3. The van der Waals surface area contributed by atoms with Gasteiger partial charge in [0.05, 0.1) is 0 Å². The van der Waals surface area contributed by atoms with Gasteiger partial charge in [0.1, 0.15) is 13.2 Å². The maximum atomic E-state index is 12.8. The van der Waals surface area contributed by atoms with E-state index in [4.69, 9.17) is 14.2 Å². The van der Waals surface area contributed by atoms with E-state index in [9.17, 15) is 14.4 Å². The molecule has 0 aliphatic carbocycles. The van der Waals surface area contributed by atoms with E-state index >= 15 is 0 Å². The molecule has 400 valence electrons. The minimum Gasteiger partial charge on any atom is -0.462 e. The third-order valence-corrected chi connectivity index (χ3v) is 13.7. The molecule has 0 saturated heterocycles. The quantitative estimate of drug-likeness (QED) is 0.0262. The highest BCUT2D eigenvalue weighted by Crippen LogP contribution is 2.17. The number of rotatable bonds is 56. The minimum absolute atomic E-state index is 0.0679. The predicted molar refractivity (Wildman–Crippen MR) is 293 cm³/mol. The average molecular weight is 958 g/mol. The van der Waals surface area contributed by atoms with Crippen molar-refractivity contribution in [3.63, 3.8) is 0 Å². The van der Waals surface area contributed by atoms with Crippen LogP contribution in [0.1, 0.15) is 335 Å². The summed E-state index contributed by atoms with van der Waals surface area (Å²) in [5.41, 5.74) is 0. The van der Waals surface area contributed by atoms with Crippen LogP contribution in [-0.4, -0.2) is 37.2 Å². The number of esters is 3. The molecule has 0 N–H and O–H groups in total. The fourth-order valence-corrected chi connectivity index (χ4v) is 9.12. The molecule has 0 rings (SSSR count). The van der Waals surface area contributed by atoms with Crippen LogP contribution < -0.4 is 0 Å². The highest BCUT2D eigenvalue weighted by atomic mass is 16.6. The highest BCUT2D eigenvalue weighted by molar-refractivity contribution is 5.71. The molecule has 6 heteroatoms. The SMILES string of the molecule is CCCCC/C=C\C/C=C\CCCCCCCCCC(=O)OC[C@H](COC(=O)CCCCCCCCCCCCCCCCCCCCCCC)OC(=O)CCCCCCCCCCCCCC. The van der Waals surface area contributed by atoms with E-state index in [1.54, 1.807) is 0 Å². The number of carbonyl (C=O) groups is 3. The summed E-state index contributed by atoms with van der Waals surface area (Å²) in [6, 6.07) is 0. The fourth-order valence-electron chi connectivity index (χ4n) is 9.12. The van der Waals surface area contributed by atoms with Crippen molar-refractivity contribution in [2.75, 3.05) is 13.2 Å². The molecule has 68 heavy (non-hydrogen) atoms. The van der Waals surface area contributed by atoms with E-state index in [1.165, 1.54) is 225 Å². The van der Waals surface area contributed by atoms with Crippen molar-refractivity contribution in [3.8, 4) is 0 Å². The average Bonchev–Trinajstić information content (AvgIpc) is 3.34. The largest absolute Gasteiger partial charge is 0.462 e. The molecule has 0 saturated carbocycles. The summed E-state index contributed by atoms with van der Waals surface area (Å²) in [4.78, 5) is 38.2. The highest BCUT2D eigenvalue weighted by Gasteiger charge is 2.19. The van der Waals surface area contributed by atoms with Crippen LogP contribution in [0.2, 0.25) is 0 Å². The van der Waals surface area contributed by atoms with E-state index in [0.29, 0.717) is 19.3 Å². The summed E-state index contributed by atoms with van der Waals surface area (Å²) in [6.07, 6.45) is 67.5. The first-order chi connectivity index (χ1) is 33.5. The Kier molecular flexibility index (Phi) is 55.7. The smallest absolute Gasteiger partial charge is 0.306 e. The number of unbranched alkanes of at least 4 members (excludes halogenated alkanes) is 41. The van der Waals surface area contributed by atoms with E-state index in [2.05, 4.69) is 45.1 Å². The molecule has 1 atom stereocenters. The van der Waals surface area contributed by atoms with Crippen molar-refractivity contribution in [1.29, 1.82) is 0 Å². The molecule has 6 nitrogen and oxygen atoms in total. The molecule has 0 heterocycles. The van der Waals surface area contributed by atoms with Gasteiger partial charge in [-0.2, -0.15) is 0 Å². The zero-order valence-electron chi connectivity index (χ0n) is 45.9. The minimum atomic E-state index is -0.769. The number of hydrogen-bond acceptors (Lipinski definition) is 6. The van der Waals surface area contributed by atoms with E-state index in [0.717, 1.165) is 70.6 Å². The molecule has 0 aliphatic rings. The van der Waals surface area contributed by atoms with Crippen LogP contribution in [0.3, 0.4) is 0 Å². The van der Waals surface area contributed by atoms with Gasteiger partial charge in [-0.1, -0.05) is 289 Å². The molecule has 0 radical (unpaired) electrons. The maximum absolute atomic E-state index is 12.8. The van der Waals surface area contributed by atoms with E-state index < -0.39 is 6.10 Å². The number of allylic oxidation sites excluding steroid dienone is 4. The second-order valence-corrected chi connectivity index (χ2v) is 20.6. The van der Waals surface area contributed by atoms with Crippen molar-refractivity contribution in [2.45, 2.75) is 341 Å². The molecule has 0 aromatic heterocycles. The molecular weight excluding hydrogens is 841 g/mol. The van der Waals surface area contributed by atoms with Crippen LogP contribution in [0, 0.1) is 0 Å². The topological polar surface area (TPSA) is 78.9 Å². The zero-order valence-corrected chi connectivity index (χ0v) is 45.9. The molecule has 0 unspecified atom stereocenters. The van der Waals surface area contributed by atoms with Crippen LogP contribution >= 0.6 is 0 Å². The monoisotopic (exact) mass is 957 g/mol. The molecule has 0 amide bonds. The number of hydrogen-bond donors (Lipinski definition) is 0. The Bertz CT molecular complexity index is 1100. The lowest BCUT2D eigenvalue weighted by Gasteiger charge is -2.18. The normalized spacial score (nSPS) is 12.1. The second-order valence-electron chi connectivity index (χ2n) is 20.6. The van der Waals surface area contributed by atoms with Gasteiger partial charge in [-0.3, -0.25) is 14.4 Å². The standard InChI is InChI=1S/C62H116O6/c1-4-7-10-13-16-19-22-25-27-29-30-31-32-34-36-38-41-43-46-49-52-55-61(64)67-58-59(68-62(65)56-53-50-47-44-39-24-21-18-15-12-9-6-3)57-66-60(63)54-51-48-45-42-40-37-35-33-28-26-23-20-17-14-11-8-5-2/h17,20,26,28,59H,4-16,18-19,21-25,27,29-58H2,1-3H3/b20-17-,28-26-/t59-/m1/s1. The van der Waals surface area contributed by atoms with Gasteiger partial charge in [0.15, 0.2) is 6.10 Å². The first-order valence-electron chi connectivity index (χ1n) is 30.3. The molecule has 0 bridgehead atoms. The van der Waals surface area contributed by atoms with Gasteiger partial charge in [-0.15, -0.1) is 0 Å². The van der Waals surface area contributed by atoms with Gasteiger partial charge < -0.3 is 14.2 Å². The first kappa shape index (κ1) is 65.9. The number of carbonyl (C=O) groups excluding carboxylic acids is 3. The van der Waals surface area contributed by atoms with Crippen molar-refractivity contribution in [2.24, 2.45) is 0 Å². The van der Waals surface area contributed by atoms with Gasteiger partial charge in [0, 0.05) is 19.3 Å². The van der Waals surface area contributed by atoms with Gasteiger partial charge in [-0.25, -0.2) is 0 Å². The van der Waals surface area contributed by atoms with Gasteiger partial charge in [0.25, 0.3) is 0 Å². The van der Waals surface area contributed by atoms with Gasteiger partial charge in [0.2, 0.25) is 0 Å². The van der Waals surface area contributed by atoms with Crippen LogP contribution in [0.25, 0.3) is 0 Å². The Morgan fingerprint density at radius 1 is 0.294 bits per heavy atom. The van der Waals surface area contributed by atoms with Crippen molar-refractivity contribution in [3.05, 3.63) is 24.3 Å². The second kappa shape index (κ2) is 57.5. The lowest BCUT2D eigenvalue weighted by atomic mass is 10.0. The molecule has 0 aromatic carbocycles. The lowest BCUT2D eigenvalue weighted by molar-refractivity contribution is -0.167. The van der Waals surface area contributed by atoms with Crippen LogP contribution in [0.4, 0.5) is 0 Å². The summed E-state index contributed by atoms with van der Waals surface area (Å²) in [6.45, 7) is 6.66. The molecule has 0 spiro atoms. The van der Waals surface area contributed by atoms with Gasteiger partial charge >= 0.3 is 17.9 Å². The van der Waals surface area contributed by atoms with Crippen LogP contribution in [0.15, 0.2) is 24.3 Å². The molecule has 0 aliphatic heterocycles. The summed E-state index contributed by atoms with van der Waals surface area (Å²) in [5.74, 6) is -0.853. The predicted octanol–water partition coefficient (Wildman–Crippen LogP) is 20.3. The van der Waals surface area contributed by atoms with Crippen molar-refractivity contribution in [1.82, 2.24) is 0 Å². The van der Waals surface area contributed by atoms with Crippen molar-refractivity contribution < 1.29 is 28.6 Å². The Labute approximate surface area is 423 Å². The van der Waals surface area contributed by atoms with Crippen LogP contribution in [-0.2, 0) is 28.6 Å². The van der Waals surface area contributed by atoms with E-state index in [-0.39, 0.29) is 31.1 Å². The van der Waals surface area contributed by atoms with E-state index in [1.807, 2.05) is 0 Å².